The van der Waals surface area contributed by atoms with Crippen LogP contribution in [0.25, 0.3) is 0 Å². The first-order chi connectivity index (χ1) is 12.1. The first kappa shape index (κ1) is 19.1. The average Bonchev–Trinajstić information content (AvgIpc) is 2.96. The molecule has 3 amide bonds. The largest absolute Gasteiger partial charge is 0.494 e. The highest BCUT2D eigenvalue weighted by atomic mass is 16.5. The molecule has 25 heavy (non-hydrogen) atoms. The van der Waals surface area contributed by atoms with Crippen LogP contribution in [0.5, 0.6) is 5.75 Å². The molecule has 138 valence electrons. The molecule has 0 aliphatic carbocycles. The fourth-order valence-electron chi connectivity index (χ4n) is 3.02. The topological polar surface area (TPSA) is 53.1 Å². The summed E-state index contributed by atoms with van der Waals surface area (Å²) in [4.78, 5) is 30.3. The van der Waals surface area contributed by atoms with Gasteiger partial charge in [-0.3, -0.25) is 9.69 Å². The van der Waals surface area contributed by atoms with Gasteiger partial charge < -0.3 is 14.5 Å². The normalized spacial score (nSPS) is 14.1. The Morgan fingerprint density at radius 2 is 1.72 bits per heavy atom. The monoisotopic (exact) mass is 347 g/mol. The van der Waals surface area contributed by atoms with Crippen LogP contribution in [0, 0.1) is 0 Å². The van der Waals surface area contributed by atoms with Gasteiger partial charge in [0.2, 0.25) is 5.91 Å². The molecule has 0 saturated carbocycles. The van der Waals surface area contributed by atoms with Crippen molar-refractivity contribution >= 4 is 17.6 Å². The number of anilines is 1. The molecule has 6 nitrogen and oxygen atoms in total. The van der Waals surface area contributed by atoms with E-state index in [0.29, 0.717) is 19.7 Å². The summed E-state index contributed by atoms with van der Waals surface area (Å²) in [6.07, 6.45) is 1.86. The highest BCUT2D eigenvalue weighted by Crippen LogP contribution is 2.23. The number of carbonyl (C=O) groups is 2. The molecule has 0 aromatic heterocycles. The molecule has 2 rings (SSSR count). The summed E-state index contributed by atoms with van der Waals surface area (Å²) in [6, 6.07) is 7.39. The molecule has 1 saturated heterocycles. The van der Waals surface area contributed by atoms with Gasteiger partial charge in [0, 0.05) is 31.9 Å². The molecule has 6 heteroatoms. The van der Waals surface area contributed by atoms with Crippen LogP contribution in [0.15, 0.2) is 24.3 Å². The molecule has 1 aromatic rings. The van der Waals surface area contributed by atoms with E-state index in [4.69, 9.17) is 4.74 Å². The molecule has 0 unspecified atom stereocenters. The van der Waals surface area contributed by atoms with Crippen molar-refractivity contribution < 1.29 is 14.3 Å². The van der Waals surface area contributed by atoms with Crippen molar-refractivity contribution in [3.05, 3.63) is 24.3 Å². The van der Waals surface area contributed by atoms with Gasteiger partial charge in [0.1, 0.15) is 12.3 Å². The lowest BCUT2D eigenvalue weighted by Gasteiger charge is -2.25. The van der Waals surface area contributed by atoms with Crippen molar-refractivity contribution in [3.8, 4) is 5.75 Å². The van der Waals surface area contributed by atoms with E-state index >= 15 is 0 Å². The summed E-state index contributed by atoms with van der Waals surface area (Å²) < 4.78 is 5.43. The number of urea groups is 1. The van der Waals surface area contributed by atoms with Gasteiger partial charge in [-0.2, -0.15) is 0 Å². The van der Waals surface area contributed by atoms with Crippen LogP contribution in [0.1, 0.15) is 33.6 Å². The minimum absolute atomic E-state index is 0.0330. The molecular weight excluding hydrogens is 318 g/mol. The van der Waals surface area contributed by atoms with Crippen molar-refractivity contribution in [2.75, 3.05) is 44.2 Å². The van der Waals surface area contributed by atoms with Gasteiger partial charge in [0.15, 0.2) is 0 Å². The Kier molecular flexibility index (Phi) is 7.10. The van der Waals surface area contributed by atoms with Crippen LogP contribution in [0.3, 0.4) is 0 Å². The molecule has 1 heterocycles. The molecule has 1 aliphatic rings. The first-order valence-corrected chi connectivity index (χ1v) is 9.17. The first-order valence-electron chi connectivity index (χ1n) is 9.17. The van der Waals surface area contributed by atoms with Gasteiger partial charge in [0.05, 0.1) is 6.61 Å². The summed E-state index contributed by atoms with van der Waals surface area (Å²) in [5.74, 6) is 0.824. The number of benzene rings is 1. The van der Waals surface area contributed by atoms with E-state index in [9.17, 15) is 9.59 Å². The molecule has 0 N–H and O–H groups in total. The lowest BCUT2D eigenvalue weighted by atomic mass is 10.3. The standard InChI is InChI=1S/C19H29N3O3/c1-4-11-20(12-5-2)18(23)15-21-13-14-22(19(21)24)16-7-9-17(10-8-16)25-6-3/h7-10H,4-6,11-15H2,1-3H3. The third-order valence-corrected chi connectivity index (χ3v) is 4.22. The number of ether oxygens (including phenoxy) is 1. The molecule has 1 aromatic carbocycles. The number of hydrogen-bond acceptors (Lipinski definition) is 3. The lowest BCUT2D eigenvalue weighted by Crippen LogP contribution is -2.42. The minimum atomic E-state index is -0.106. The smallest absolute Gasteiger partial charge is 0.325 e. The second kappa shape index (κ2) is 9.30. The summed E-state index contributed by atoms with van der Waals surface area (Å²) in [7, 11) is 0. The molecule has 0 spiro atoms. The molecule has 0 radical (unpaired) electrons. The Morgan fingerprint density at radius 1 is 1.08 bits per heavy atom. The van der Waals surface area contributed by atoms with E-state index in [0.717, 1.165) is 37.4 Å². The summed E-state index contributed by atoms with van der Waals surface area (Å²) >= 11 is 0. The zero-order chi connectivity index (χ0) is 18.2. The van der Waals surface area contributed by atoms with E-state index in [1.165, 1.54) is 0 Å². The number of nitrogens with zero attached hydrogens (tertiary/aromatic N) is 3. The van der Waals surface area contributed by atoms with Gasteiger partial charge in [-0.05, 0) is 44.0 Å². The number of hydrogen-bond donors (Lipinski definition) is 0. The minimum Gasteiger partial charge on any atom is -0.494 e. The maximum Gasteiger partial charge on any atom is 0.325 e. The predicted octanol–water partition coefficient (Wildman–Crippen LogP) is 2.98. The third-order valence-electron chi connectivity index (χ3n) is 4.22. The van der Waals surface area contributed by atoms with Crippen LogP contribution in [-0.2, 0) is 4.79 Å². The van der Waals surface area contributed by atoms with Crippen LogP contribution in [0.2, 0.25) is 0 Å². The molecule has 1 fully saturated rings. The van der Waals surface area contributed by atoms with Gasteiger partial charge in [-0.1, -0.05) is 13.8 Å². The van der Waals surface area contributed by atoms with Crippen molar-refractivity contribution in [1.29, 1.82) is 0 Å². The van der Waals surface area contributed by atoms with Crippen LogP contribution >= 0.6 is 0 Å². The zero-order valence-corrected chi connectivity index (χ0v) is 15.5. The quantitative estimate of drug-likeness (QED) is 0.690. The third kappa shape index (κ3) is 4.87. The van der Waals surface area contributed by atoms with Crippen molar-refractivity contribution in [1.82, 2.24) is 9.80 Å². The second-order valence-corrected chi connectivity index (χ2v) is 6.16. The molecule has 0 atom stereocenters. The summed E-state index contributed by atoms with van der Waals surface area (Å²) in [5.41, 5.74) is 0.836. The Labute approximate surface area is 150 Å². The molecule has 1 aliphatic heterocycles. The van der Waals surface area contributed by atoms with Gasteiger partial charge in [-0.25, -0.2) is 4.79 Å². The van der Waals surface area contributed by atoms with Crippen LogP contribution in [-0.4, -0.2) is 61.1 Å². The predicted molar refractivity (Wildman–Crippen MR) is 99.1 cm³/mol. The van der Waals surface area contributed by atoms with Crippen molar-refractivity contribution in [2.24, 2.45) is 0 Å². The van der Waals surface area contributed by atoms with E-state index < -0.39 is 0 Å². The van der Waals surface area contributed by atoms with Crippen molar-refractivity contribution in [2.45, 2.75) is 33.6 Å². The van der Waals surface area contributed by atoms with Gasteiger partial charge >= 0.3 is 6.03 Å². The Morgan fingerprint density at radius 3 is 2.28 bits per heavy atom. The van der Waals surface area contributed by atoms with E-state index in [1.807, 2.05) is 36.1 Å². The van der Waals surface area contributed by atoms with E-state index in [-0.39, 0.29) is 18.5 Å². The molecular formula is C19H29N3O3. The lowest BCUT2D eigenvalue weighted by molar-refractivity contribution is -0.131. The number of carbonyl (C=O) groups excluding carboxylic acids is 2. The number of amides is 3. The highest BCUT2D eigenvalue weighted by Gasteiger charge is 2.31. The fraction of sp³-hybridized carbons (Fsp3) is 0.579. The second-order valence-electron chi connectivity index (χ2n) is 6.16. The average molecular weight is 347 g/mol. The fourth-order valence-corrected chi connectivity index (χ4v) is 3.02. The Bertz CT molecular complexity index is 568. The highest BCUT2D eigenvalue weighted by molar-refractivity contribution is 5.96. The SMILES string of the molecule is CCCN(CCC)C(=O)CN1CCN(c2ccc(OCC)cc2)C1=O. The summed E-state index contributed by atoms with van der Waals surface area (Å²) in [6.45, 7) is 9.50. The van der Waals surface area contributed by atoms with Crippen molar-refractivity contribution in [3.63, 3.8) is 0 Å². The van der Waals surface area contributed by atoms with Crippen LogP contribution < -0.4 is 9.64 Å². The maximum absolute atomic E-state index is 12.6. The van der Waals surface area contributed by atoms with Gasteiger partial charge in [0.25, 0.3) is 0 Å². The maximum atomic E-state index is 12.6. The van der Waals surface area contributed by atoms with E-state index in [2.05, 4.69) is 13.8 Å². The summed E-state index contributed by atoms with van der Waals surface area (Å²) in [5, 5.41) is 0. The number of rotatable bonds is 9. The zero-order valence-electron chi connectivity index (χ0n) is 15.5. The van der Waals surface area contributed by atoms with E-state index in [1.54, 1.807) is 9.80 Å². The Hall–Kier alpha value is -2.24. The van der Waals surface area contributed by atoms with Crippen LogP contribution in [0.4, 0.5) is 10.5 Å². The molecule has 0 bridgehead atoms. The Balaban J connectivity index is 1.97. The van der Waals surface area contributed by atoms with Gasteiger partial charge in [-0.15, -0.1) is 0 Å².